The van der Waals surface area contributed by atoms with Crippen LogP contribution in [0.3, 0.4) is 0 Å². The van der Waals surface area contributed by atoms with Gasteiger partial charge in [-0.1, -0.05) is 136 Å². The molecule has 0 heterocycles. The Kier molecular flexibility index (Phi) is 8.47. The number of rotatable bonds is 12. The second-order valence-electron chi connectivity index (χ2n) is 7.87. The van der Waals surface area contributed by atoms with Crippen molar-refractivity contribution in [2.24, 2.45) is 0 Å². The summed E-state index contributed by atoms with van der Waals surface area (Å²) in [6, 6.07) is 31.7. The molecule has 1 unspecified atom stereocenters. The van der Waals surface area contributed by atoms with E-state index in [-0.39, 0.29) is 6.10 Å². The summed E-state index contributed by atoms with van der Waals surface area (Å²) >= 11 is 0. The first-order valence-electron chi connectivity index (χ1n) is 11.3. The molecule has 3 rings (SSSR count). The summed E-state index contributed by atoms with van der Waals surface area (Å²) in [6.45, 7) is 6.37. The van der Waals surface area contributed by atoms with E-state index in [0.29, 0.717) is 0 Å². The molecule has 156 valence electrons. The number of unbranched alkanes of at least 4 members (excludes halogenated alkanes) is 4. The molecule has 0 aliphatic rings. The van der Waals surface area contributed by atoms with Gasteiger partial charge in [0.05, 0.1) is 6.10 Å². The van der Waals surface area contributed by atoms with Crippen molar-refractivity contribution in [3.05, 3.63) is 120 Å². The molecule has 0 N–H and O–H groups in total. The van der Waals surface area contributed by atoms with Crippen molar-refractivity contribution in [2.75, 3.05) is 0 Å². The molecule has 1 atom stereocenters. The van der Waals surface area contributed by atoms with Crippen LogP contribution in [0.4, 0.5) is 0 Å². The van der Waals surface area contributed by atoms with Crippen LogP contribution >= 0.6 is 0 Å². The maximum Gasteiger partial charge on any atom is 0.144 e. The van der Waals surface area contributed by atoms with Crippen molar-refractivity contribution < 1.29 is 4.74 Å². The van der Waals surface area contributed by atoms with Gasteiger partial charge in [0.1, 0.15) is 5.60 Å². The molecule has 1 heteroatoms. The van der Waals surface area contributed by atoms with Gasteiger partial charge in [0.15, 0.2) is 0 Å². The van der Waals surface area contributed by atoms with Gasteiger partial charge in [-0.15, -0.1) is 6.58 Å². The van der Waals surface area contributed by atoms with E-state index in [9.17, 15) is 0 Å². The van der Waals surface area contributed by atoms with Gasteiger partial charge in [0.25, 0.3) is 0 Å². The van der Waals surface area contributed by atoms with Gasteiger partial charge in [-0.2, -0.15) is 0 Å². The first kappa shape index (κ1) is 22.1. The quantitative estimate of drug-likeness (QED) is 0.171. The number of benzene rings is 3. The zero-order valence-corrected chi connectivity index (χ0v) is 18.2. The molecular weight excluding hydrogens is 364 g/mol. The van der Waals surface area contributed by atoms with Crippen LogP contribution < -0.4 is 0 Å². The Balaban J connectivity index is 2.01. The lowest BCUT2D eigenvalue weighted by Gasteiger charge is -2.38. The Morgan fingerprint density at radius 2 is 1.13 bits per heavy atom. The Labute approximate surface area is 182 Å². The first-order valence-corrected chi connectivity index (χ1v) is 11.3. The molecule has 0 saturated carbocycles. The average molecular weight is 399 g/mol. The van der Waals surface area contributed by atoms with Gasteiger partial charge < -0.3 is 4.74 Å². The summed E-state index contributed by atoms with van der Waals surface area (Å²) in [5.41, 5.74) is 2.74. The fourth-order valence-electron chi connectivity index (χ4n) is 4.12. The van der Waals surface area contributed by atoms with Crippen molar-refractivity contribution in [3.8, 4) is 0 Å². The van der Waals surface area contributed by atoms with Crippen LogP contribution in [0.5, 0.6) is 0 Å². The van der Waals surface area contributed by atoms with Gasteiger partial charge >= 0.3 is 0 Å². The van der Waals surface area contributed by atoms with Crippen LogP contribution in [0.1, 0.15) is 62.1 Å². The Morgan fingerprint density at radius 3 is 1.53 bits per heavy atom. The van der Waals surface area contributed by atoms with Crippen molar-refractivity contribution in [3.63, 3.8) is 0 Å². The normalized spacial score (nSPS) is 12.4. The van der Waals surface area contributed by atoms with Crippen LogP contribution in [-0.4, -0.2) is 6.10 Å². The fourth-order valence-corrected chi connectivity index (χ4v) is 4.12. The van der Waals surface area contributed by atoms with Crippen LogP contribution in [0.15, 0.2) is 104 Å². The van der Waals surface area contributed by atoms with Gasteiger partial charge in [-0.3, -0.25) is 0 Å². The summed E-state index contributed by atoms with van der Waals surface area (Å²) in [5, 5.41) is 0. The third kappa shape index (κ3) is 5.29. The third-order valence-corrected chi connectivity index (χ3v) is 5.72. The van der Waals surface area contributed by atoms with E-state index in [2.05, 4.69) is 104 Å². The zero-order valence-electron chi connectivity index (χ0n) is 18.2. The molecule has 3 aromatic carbocycles. The van der Waals surface area contributed by atoms with Crippen molar-refractivity contribution >= 4 is 0 Å². The standard InChI is InChI=1S/C29H34O/c1-3-5-6-7-17-24-28(4-2)30-29(25-18-11-8-12-19-25,26-20-13-9-14-21-26)27-22-15-10-16-23-27/h4,8-16,18-23,28H,2-3,5-7,17,24H2,1H3. The number of hydrogen-bond acceptors (Lipinski definition) is 1. The molecule has 0 fully saturated rings. The summed E-state index contributed by atoms with van der Waals surface area (Å²) in [6.07, 6.45) is 9.21. The van der Waals surface area contributed by atoms with Gasteiger partial charge in [-0.25, -0.2) is 0 Å². The minimum absolute atomic E-state index is 0.0211. The molecule has 0 bridgehead atoms. The lowest BCUT2D eigenvalue weighted by molar-refractivity contribution is -0.0285. The Hall–Kier alpha value is -2.64. The lowest BCUT2D eigenvalue weighted by atomic mass is 9.79. The zero-order chi connectivity index (χ0) is 21.1. The number of ether oxygens (including phenoxy) is 1. The van der Waals surface area contributed by atoms with Crippen LogP contribution in [0, 0.1) is 0 Å². The van der Waals surface area contributed by atoms with Crippen LogP contribution in [0.2, 0.25) is 0 Å². The highest BCUT2D eigenvalue weighted by Gasteiger charge is 2.39. The van der Waals surface area contributed by atoms with Crippen LogP contribution in [0.25, 0.3) is 0 Å². The lowest BCUT2D eigenvalue weighted by Crippen LogP contribution is -2.36. The molecule has 3 aromatic rings. The smallest absolute Gasteiger partial charge is 0.144 e. The van der Waals surface area contributed by atoms with E-state index < -0.39 is 5.60 Å². The maximum absolute atomic E-state index is 7.03. The summed E-state index contributed by atoms with van der Waals surface area (Å²) in [5.74, 6) is 0. The minimum atomic E-state index is -0.675. The second kappa shape index (κ2) is 11.5. The van der Waals surface area contributed by atoms with E-state index in [1.54, 1.807) is 0 Å². The Morgan fingerprint density at radius 1 is 0.700 bits per heavy atom. The highest BCUT2D eigenvalue weighted by molar-refractivity contribution is 5.47. The van der Waals surface area contributed by atoms with E-state index in [1.807, 2.05) is 6.08 Å². The summed E-state index contributed by atoms with van der Waals surface area (Å²) in [4.78, 5) is 0. The monoisotopic (exact) mass is 398 g/mol. The molecule has 0 aromatic heterocycles. The topological polar surface area (TPSA) is 9.23 Å². The predicted molar refractivity (Wildman–Crippen MR) is 128 cm³/mol. The number of hydrogen-bond donors (Lipinski definition) is 0. The molecule has 0 radical (unpaired) electrons. The van der Waals surface area contributed by atoms with Crippen molar-refractivity contribution in [1.29, 1.82) is 0 Å². The first-order chi connectivity index (χ1) is 14.8. The van der Waals surface area contributed by atoms with E-state index in [0.717, 1.165) is 29.5 Å². The van der Waals surface area contributed by atoms with Crippen molar-refractivity contribution in [1.82, 2.24) is 0 Å². The van der Waals surface area contributed by atoms with E-state index >= 15 is 0 Å². The molecule has 0 amide bonds. The fraction of sp³-hybridized carbons (Fsp3) is 0.310. The summed E-state index contributed by atoms with van der Waals surface area (Å²) < 4.78 is 7.03. The van der Waals surface area contributed by atoms with Crippen LogP contribution in [-0.2, 0) is 10.3 Å². The molecule has 30 heavy (non-hydrogen) atoms. The molecule has 0 aliphatic heterocycles. The van der Waals surface area contributed by atoms with Gasteiger partial charge in [0, 0.05) is 0 Å². The van der Waals surface area contributed by atoms with Gasteiger partial charge in [-0.05, 0) is 23.1 Å². The molecular formula is C29H34O. The highest BCUT2D eigenvalue weighted by atomic mass is 16.5. The molecule has 1 nitrogen and oxygen atoms in total. The predicted octanol–water partition coefficient (Wildman–Crippen LogP) is 7.91. The minimum Gasteiger partial charge on any atom is -0.354 e. The summed E-state index contributed by atoms with van der Waals surface area (Å²) in [7, 11) is 0. The maximum atomic E-state index is 7.03. The highest BCUT2D eigenvalue weighted by Crippen LogP contribution is 2.42. The average Bonchev–Trinajstić information content (AvgIpc) is 2.83. The molecule has 0 saturated heterocycles. The largest absolute Gasteiger partial charge is 0.354 e. The van der Waals surface area contributed by atoms with E-state index in [4.69, 9.17) is 4.74 Å². The van der Waals surface area contributed by atoms with E-state index in [1.165, 1.54) is 25.7 Å². The van der Waals surface area contributed by atoms with Gasteiger partial charge in [0.2, 0.25) is 0 Å². The third-order valence-electron chi connectivity index (χ3n) is 5.72. The Bertz CT molecular complexity index is 758. The SMILES string of the molecule is C=CC(CCCCCCC)OC(c1ccccc1)(c1ccccc1)c1ccccc1. The second-order valence-corrected chi connectivity index (χ2v) is 7.87. The molecule has 0 spiro atoms. The molecule has 0 aliphatic carbocycles. The van der Waals surface area contributed by atoms with Crippen molar-refractivity contribution in [2.45, 2.75) is 57.2 Å².